The van der Waals surface area contributed by atoms with E-state index >= 15 is 0 Å². The molecule has 1 aliphatic carbocycles. The van der Waals surface area contributed by atoms with Crippen LogP contribution in [0.2, 0.25) is 0 Å². The van der Waals surface area contributed by atoms with Gasteiger partial charge in [0, 0.05) is 13.1 Å². The second-order valence-corrected chi connectivity index (χ2v) is 8.12. The Hall–Kier alpha value is -1.93. The molecular weight excluding hydrogens is 362 g/mol. The molecule has 27 heavy (non-hydrogen) atoms. The number of hydrogen-bond acceptors (Lipinski definition) is 6. The van der Waals surface area contributed by atoms with Gasteiger partial charge in [-0.2, -0.15) is 0 Å². The Balaban J connectivity index is 1.58. The van der Waals surface area contributed by atoms with Crippen LogP contribution in [0.15, 0.2) is 35.5 Å². The Morgan fingerprint density at radius 2 is 1.85 bits per heavy atom. The molecule has 144 valence electrons. The number of aromatic nitrogens is 4. The van der Waals surface area contributed by atoms with Crippen LogP contribution in [0.3, 0.4) is 0 Å². The molecule has 2 heterocycles. The number of thioether (sulfide) groups is 1. The Morgan fingerprint density at radius 1 is 1.11 bits per heavy atom. The molecule has 2 fully saturated rings. The van der Waals surface area contributed by atoms with E-state index in [1.54, 1.807) is 0 Å². The molecule has 0 spiro atoms. The number of rotatable bonds is 5. The van der Waals surface area contributed by atoms with Gasteiger partial charge in [0.05, 0.1) is 19.3 Å². The molecule has 1 atom stereocenters. The maximum atomic E-state index is 13.3. The minimum Gasteiger partial charge on any atom is -0.378 e. The summed E-state index contributed by atoms with van der Waals surface area (Å²) in [6, 6.07) is 10.3. The zero-order valence-corrected chi connectivity index (χ0v) is 16.2. The highest BCUT2D eigenvalue weighted by Gasteiger charge is 2.31. The largest absolute Gasteiger partial charge is 0.378 e. The number of hydrogen-bond donors (Lipinski definition) is 0. The average Bonchev–Trinajstić information content (AvgIpc) is 3.22. The lowest BCUT2D eigenvalue weighted by molar-refractivity contribution is -0.134. The van der Waals surface area contributed by atoms with Crippen molar-refractivity contribution in [3.8, 4) is 0 Å². The lowest BCUT2D eigenvalue weighted by atomic mass is 9.96. The highest BCUT2D eigenvalue weighted by molar-refractivity contribution is 8.00. The fraction of sp³-hybridized carbons (Fsp3) is 0.579. The number of ether oxygens (including phenoxy) is 1. The predicted octanol–water partition coefficient (Wildman–Crippen LogP) is 2.87. The topological polar surface area (TPSA) is 73.1 Å². The molecule has 4 rings (SSSR count). The van der Waals surface area contributed by atoms with Crippen LogP contribution in [0.4, 0.5) is 0 Å². The van der Waals surface area contributed by atoms with Crippen molar-refractivity contribution >= 4 is 17.7 Å². The minimum atomic E-state index is -0.349. The van der Waals surface area contributed by atoms with Crippen LogP contribution >= 0.6 is 11.8 Å². The highest BCUT2D eigenvalue weighted by atomic mass is 32.2. The van der Waals surface area contributed by atoms with Crippen molar-refractivity contribution < 1.29 is 9.53 Å². The van der Waals surface area contributed by atoms with E-state index in [0.29, 0.717) is 32.3 Å². The third kappa shape index (κ3) is 4.32. The first-order valence-corrected chi connectivity index (χ1v) is 10.6. The van der Waals surface area contributed by atoms with Gasteiger partial charge in [-0.25, -0.2) is 4.68 Å². The number of amides is 1. The van der Waals surface area contributed by atoms with Crippen LogP contribution < -0.4 is 0 Å². The van der Waals surface area contributed by atoms with Crippen LogP contribution in [0.25, 0.3) is 0 Å². The third-order valence-electron chi connectivity index (χ3n) is 5.26. The summed E-state index contributed by atoms with van der Waals surface area (Å²) >= 11 is 1.47. The fourth-order valence-corrected chi connectivity index (χ4v) is 4.89. The summed E-state index contributed by atoms with van der Waals surface area (Å²) < 4.78 is 7.34. The number of carbonyl (C=O) groups is 1. The standard InChI is InChI=1S/C19H25N5O2S/c25-18(23-11-13-26-14-12-23)17(15-7-3-1-4-8-15)27-19-20-21-22-24(19)16-9-5-2-6-10-16/h1,3-4,7-8,16-17H,2,5-6,9-14H2/t17-/m0/s1. The summed E-state index contributed by atoms with van der Waals surface area (Å²) in [4.78, 5) is 15.2. The third-order valence-corrected chi connectivity index (χ3v) is 6.44. The smallest absolute Gasteiger partial charge is 0.240 e. The molecule has 1 aromatic carbocycles. The van der Waals surface area contributed by atoms with Crippen molar-refractivity contribution in [3.05, 3.63) is 35.9 Å². The molecule has 2 aliphatic rings. The van der Waals surface area contributed by atoms with E-state index in [1.807, 2.05) is 39.9 Å². The van der Waals surface area contributed by atoms with Crippen molar-refractivity contribution in [2.75, 3.05) is 26.3 Å². The van der Waals surface area contributed by atoms with Crippen LogP contribution in [-0.4, -0.2) is 57.3 Å². The Kier molecular flexibility index (Phi) is 6.03. The number of morpholine rings is 1. The van der Waals surface area contributed by atoms with Gasteiger partial charge in [-0.15, -0.1) is 5.10 Å². The first-order chi connectivity index (χ1) is 13.3. The molecule has 7 nitrogen and oxygen atoms in total. The van der Waals surface area contributed by atoms with Crippen molar-refractivity contribution in [3.63, 3.8) is 0 Å². The summed E-state index contributed by atoms with van der Waals surface area (Å²) in [7, 11) is 0. The van der Waals surface area contributed by atoms with Gasteiger partial charge in [0.15, 0.2) is 0 Å². The molecule has 0 N–H and O–H groups in total. The number of nitrogens with zero attached hydrogens (tertiary/aromatic N) is 5. The highest BCUT2D eigenvalue weighted by Crippen LogP contribution is 2.38. The maximum Gasteiger partial charge on any atom is 0.240 e. The van der Waals surface area contributed by atoms with Gasteiger partial charge in [0.25, 0.3) is 0 Å². The molecule has 0 unspecified atom stereocenters. The van der Waals surface area contributed by atoms with Crippen molar-refractivity contribution in [1.82, 2.24) is 25.1 Å². The molecular formula is C19H25N5O2S. The summed E-state index contributed by atoms with van der Waals surface area (Å²) in [6.07, 6.45) is 5.91. The van der Waals surface area contributed by atoms with Crippen LogP contribution in [-0.2, 0) is 9.53 Å². The van der Waals surface area contributed by atoms with Crippen molar-refractivity contribution in [1.29, 1.82) is 0 Å². The lowest BCUT2D eigenvalue weighted by Crippen LogP contribution is -2.42. The van der Waals surface area contributed by atoms with E-state index in [9.17, 15) is 4.79 Å². The lowest BCUT2D eigenvalue weighted by Gasteiger charge is -2.30. The molecule has 1 amide bonds. The monoisotopic (exact) mass is 387 g/mol. The van der Waals surface area contributed by atoms with Gasteiger partial charge in [-0.3, -0.25) is 4.79 Å². The second-order valence-electron chi connectivity index (χ2n) is 7.04. The first kappa shape index (κ1) is 18.4. The van der Waals surface area contributed by atoms with Crippen molar-refractivity contribution in [2.45, 2.75) is 48.6 Å². The molecule has 0 radical (unpaired) electrons. The zero-order valence-electron chi connectivity index (χ0n) is 15.4. The zero-order chi connectivity index (χ0) is 18.5. The van der Waals surface area contributed by atoms with Gasteiger partial charge in [-0.1, -0.05) is 61.4 Å². The van der Waals surface area contributed by atoms with Crippen LogP contribution in [0.5, 0.6) is 0 Å². The van der Waals surface area contributed by atoms with Gasteiger partial charge >= 0.3 is 0 Å². The summed E-state index contributed by atoms with van der Waals surface area (Å²) in [5.41, 5.74) is 0.984. The summed E-state index contributed by atoms with van der Waals surface area (Å²) in [6.45, 7) is 2.46. The van der Waals surface area contributed by atoms with E-state index in [4.69, 9.17) is 4.74 Å². The van der Waals surface area contributed by atoms with E-state index in [2.05, 4.69) is 15.5 Å². The summed E-state index contributed by atoms with van der Waals surface area (Å²) in [5.74, 6) is 0.104. The van der Waals surface area contributed by atoms with E-state index < -0.39 is 0 Å². The average molecular weight is 388 g/mol. The van der Waals surface area contributed by atoms with E-state index in [0.717, 1.165) is 23.6 Å². The summed E-state index contributed by atoms with van der Waals surface area (Å²) in [5, 5.41) is 12.8. The van der Waals surface area contributed by atoms with E-state index in [-0.39, 0.29) is 11.2 Å². The Labute approximate surface area is 163 Å². The van der Waals surface area contributed by atoms with Crippen molar-refractivity contribution in [2.24, 2.45) is 0 Å². The molecule has 8 heteroatoms. The Morgan fingerprint density at radius 3 is 2.59 bits per heavy atom. The molecule has 1 aliphatic heterocycles. The van der Waals surface area contributed by atoms with E-state index in [1.165, 1.54) is 31.0 Å². The van der Waals surface area contributed by atoms with Gasteiger partial charge in [0.2, 0.25) is 11.1 Å². The molecule has 1 saturated heterocycles. The molecule has 2 aromatic rings. The van der Waals surface area contributed by atoms with Gasteiger partial charge < -0.3 is 9.64 Å². The SMILES string of the molecule is O=C([C@@H](Sc1nnnn1C1CCCCC1)c1ccccc1)N1CCOCC1. The van der Waals surface area contributed by atoms with Crippen LogP contribution in [0.1, 0.15) is 49.0 Å². The predicted molar refractivity (Wildman–Crippen MR) is 102 cm³/mol. The fourth-order valence-electron chi connectivity index (χ4n) is 3.76. The van der Waals surface area contributed by atoms with Gasteiger partial charge in [0.1, 0.15) is 5.25 Å². The number of carbonyl (C=O) groups excluding carboxylic acids is 1. The molecule has 1 saturated carbocycles. The molecule has 0 bridgehead atoms. The normalized spacial score (nSPS) is 19.8. The number of tetrazole rings is 1. The number of benzene rings is 1. The maximum absolute atomic E-state index is 13.3. The van der Waals surface area contributed by atoms with Gasteiger partial charge in [-0.05, 0) is 28.8 Å². The first-order valence-electron chi connectivity index (χ1n) is 9.69. The minimum absolute atomic E-state index is 0.104. The quantitative estimate of drug-likeness (QED) is 0.735. The Bertz CT molecular complexity index is 742. The second kappa shape index (κ2) is 8.84. The van der Waals surface area contributed by atoms with Crippen LogP contribution in [0, 0.1) is 0 Å². The molecule has 1 aromatic heterocycles.